The molecule has 0 spiro atoms. The van der Waals surface area contributed by atoms with Crippen molar-refractivity contribution >= 4 is 18.2 Å². The van der Waals surface area contributed by atoms with Crippen molar-refractivity contribution in [2.45, 2.75) is 18.9 Å². The molecule has 2 heterocycles. The smallest absolute Gasteiger partial charge is 0.151 e. The van der Waals surface area contributed by atoms with Crippen molar-refractivity contribution in [1.82, 2.24) is 10.2 Å². The summed E-state index contributed by atoms with van der Waals surface area (Å²) < 4.78 is 12.9. The Morgan fingerprint density at radius 2 is 2.05 bits per heavy atom. The van der Waals surface area contributed by atoms with Gasteiger partial charge in [-0.2, -0.15) is 5.10 Å². The highest BCUT2D eigenvalue weighted by atomic mass is 35.5. The molecule has 0 bridgehead atoms. The van der Waals surface area contributed by atoms with Gasteiger partial charge in [0.15, 0.2) is 5.82 Å². The Balaban J connectivity index is 0.00000147. The molecule has 2 aromatic rings. The highest BCUT2D eigenvalue weighted by Gasteiger charge is 2.19. The molecule has 108 valence electrons. The third kappa shape index (κ3) is 3.11. The Kier molecular flexibility index (Phi) is 4.62. The molecular weight excluding hydrogens is 279 g/mol. The lowest BCUT2D eigenvalue weighted by Gasteiger charge is -2.30. The summed E-state index contributed by atoms with van der Waals surface area (Å²) in [6.07, 6.45) is 2.17. The molecule has 1 fully saturated rings. The van der Waals surface area contributed by atoms with E-state index in [9.17, 15) is 4.39 Å². The van der Waals surface area contributed by atoms with Gasteiger partial charge < -0.3 is 10.6 Å². The average molecular weight is 297 g/mol. The zero-order valence-corrected chi connectivity index (χ0v) is 11.9. The van der Waals surface area contributed by atoms with E-state index in [4.69, 9.17) is 5.73 Å². The van der Waals surface area contributed by atoms with Crippen LogP contribution in [0.25, 0.3) is 11.3 Å². The predicted molar refractivity (Wildman–Crippen MR) is 80.7 cm³/mol. The van der Waals surface area contributed by atoms with Gasteiger partial charge in [-0.1, -0.05) is 0 Å². The predicted octanol–water partition coefficient (Wildman–Crippen LogP) is 2.57. The van der Waals surface area contributed by atoms with Crippen LogP contribution in [0.4, 0.5) is 10.2 Å². The highest BCUT2D eigenvalue weighted by Crippen LogP contribution is 2.23. The van der Waals surface area contributed by atoms with Gasteiger partial charge in [0.25, 0.3) is 0 Å². The molecule has 0 aliphatic carbocycles. The van der Waals surface area contributed by atoms with Crippen LogP contribution in [0, 0.1) is 5.82 Å². The zero-order chi connectivity index (χ0) is 13.2. The first kappa shape index (κ1) is 14.8. The van der Waals surface area contributed by atoms with E-state index < -0.39 is 0 Å². The number of hydrogen-bond acceptors (Lipinski definition) is 3. The Morgan fingerprint density at radius 1 is 1.30 bits per heavy atom. The number of anilines is 1. The third-order valence-electron chi connectivity index (χ3n) is 3.50. The molecule has 1 aliphatic rings. The van der Waals surface area contributed by atoms with Crippen molar-refractivity contribution in [3.8, 4) is 11.3 Å². The second-order valence-electron chi connectivity index (χ2n) is 5.00. The molecule has 1 saturated heterocycles. The van der Waals surface area contributed by atoms with Crippen LogP contribution in [0.15, 0.2) is 30.3 Å². The maximum atomic E-state index is 12.9. The van der Waals surface area contributed by atoms with Crippen molar-refractivity contribution < 1.29 is 4.39 Å². The Labute approximate surface area is 123 Å². The maximum Gasteiger partial charge on any atom is 0.151 e. The minimum absolute atomic E-state index is 0. The van der Waals surface area contributed by atoms with E-state index in [0.29, 0.717) is 0 Å². The molecular formula is C14H18ClFN4. The van der Waals surface area contributed by atoms with Gasteiger partial charge >= 0.3 is 0 Å². The first-order valence-electron chi connectivity index (χ1n) is 6.54. The first-order valence-corrected chi connectivity index (χ1v) is 6.54. The molecule has 0 saturated carbocycles. The van der Waals surface area contributed by atoms with Crippen molar-refractivity contribution in [3.05, 3.63) is 36.1 Å². The largest absolute Gasteiger partial charge is 0.354 e. The summed E-state index contributed by atoms with van der Waals surface area (Å²) in [5.74, 6) is 0.681. The Morgan fingerprint density at radius 3 is 2.75 bits per heavy atom. The number of rotatable bonds is 2. The van der Waals surface area contributed by atoms with Gasteiger partial charge in [0.2, 0.25) is 0 Å². The van der Waals surface area contributed by atoms with Gasteiger partial charge in [-0.15, -0.1) is 12.4 Å². The lowest BCUT2D eigenvalue weighted by molar-refractivity contribution is 0.503. The molecule has 0 radical (unpaired) electrons. The fraction of sp³-hybridized carbons (Fsp3) is 0.357. The number of H-pyrrole nitrogens is 1. The summed E-state index contributed by atoms with van der Waals surface area (Å²) in [4.78, 5) is 2.19. The number of hydrogen-bond donors (Lipinski definition) is 2. The minimum Gasteiger partial charge on any atom is -0.354 e. The van der Waals surface area contributed by atoms with Crippen LogP contribution in [0.1, 0.15) is 12.8 Å². The van der Waals surface area contributed by atoms with Gasteiger partial charge in [-0.3, -0.25) is 5.10 Å². The number of benzene rings is 1. The van der Waals surface area contributed by atoms with E-state index in [1.165, 1.54) is 12.1 Å². The number of aromatic nitrogens is 2. The molecule has 6 heteroatoms. The molecule has 4 nitrogen and oxygen atoms in total. The summed E-state index contributed by atoms with van der Waals surface area (Å²) in [7, 11) is 0. The van der Waals surface area contributed by atoms with Crippen LogP contribution >= 0.6 is 12.4 Å². The van der Waals surface area contributed by atoms with Gasteiger partial charge in [-0.05, 0) is 42.7 Å². The SMILES string of the molecule is Cl.NC1CCCN(c2cc(-c3ccc(F)cc3)[nH]n2)C1. The summed E-state index contributed by atoms with van der Waals surface area (Å²) in [6, 6.07) is 8.60. The van der Waals surface area contributed by atoms with Crippen LogP contribution < -0.4 is 10.6 Å². The number of nitrogens with one attached hydrogen (secondary N) is 1. The fourth-order valence-electron chi connectivity index (χ4n) is 2.47. The maximum absolute atomic E-state index is 12.9. The minimum atomic E-state index is -0.231. The standard InChI is InChI=1S/C14H17FN4.ClH/c15-11-5-3-10(4-6-11)13-8-14(18-17-13)19-7-1-2-12(16)9-19;/h3-6,8,12H,1-2,7,9,16H2,(H,17,18);1H. The topological polar surface area (TPSA) is 57.9 Å². The van der Waals surface area contributed by atoms with E-state index in [1.807, 2.05) is 6.07 Å². The van der Waals surface area contributed by atoms with E-state index >= 15 is 0 Å². The number of halogens is 2. The van der Waals surface area contributed by atoms with Crippen LogP contribution in [-0.2, 0) is 0 Å². The van der Waals surface area contributed by atoms with Crippen LogP contribution in [-0.4, -0.2) is 29.3 Å². The second kappa shape index (κ2) is 6.24. The monoisotopic (exact) mass is 296 g/mol. The highest BCUT2D eigenvalue weighted by molar-refractivity contribution is 5.85. The molecule has 3 N–H and O–H groups in total. The summed E-state index contributed by atoms with van der Waals surface area (Å²) in [5, 5.41) is 7.32. The van der Waals surface area contributed by atoms with Gasteiger partial charge in [0, 0.05) is 25.2 Å². The lowest BCUT2D eigenvalue weighted by atomic mass is 10.1. The molecule has 0 amide bonds. The molecule has 3 rings (SSSR count). The fourth-order valence-corrected chi connectivity index (χ4v) is 2.47. The number of nitrogens with zero attached hydrogens (tertiary/aromatic N) is 2. The van der Waals surface area contributed by atoms with Crippen molar-refractivity contribution in [2.24, 2.45) is 5.73 Å². The average Bonchev–Trinajstić information content (AvgIpc) is 2.89. The molecule has 1 aliphatic heterocycles. The van der Waals surface area contributed by atoms with Gasteiger partial charge in [0.1, 0.15) is 5.82 Å². The van der Waals surface area contributed by atoms with E-state index in [2.05, 4.69) is 15.1 Å². The molecule has 1 unspecified atom stereocenters. The Bertz CT molecular complexity index is 555. The van der Waals surface area contributed by atoms with E-state index in [0.717, 1.165) is 43.0 Å². The van der Waals surface area contributed by atoms with Crippen LogP contribution in [0.3, 0.4) is 0 Å². The van der Waals surface area contributed by atoms with Crippen molar-refractivity contribution in [3.63, 3.8) is 0 Å². The first-order chi connectivity index (χ1) is 9.22. The number of piperidine rings is 1. The third-order valence-corrected chi connectivity index (χ3v) is 3.50. The van der Waals surface area contributed by atoms with E-state index in [-0.39, 0.29) is 24.3 Å². The molecule has 1 atom stereocenters. The summed E-state index contributed by atoms with van der Waals surface area (Å²) in [5.41, 5.74) is 7.80. The van der Waals surface area contributed by atoms with Crippen LogP contribution in [0.5, 0.6) is 0 Å². The van der Waals surface area contributed by atoms with Gasteiger partial charge in [0.05, 0.1) is 5.69 Å². The number of nitrogens with two attached hydrogens (primary N) is 1. The number of aromatic amines is 1. The molecule has 20 heavy (non-hydrogen) atoms. The summed E-state index contributed by atoms with van der Waals surface area (Å²) in [6.45, 7) is 1.83. The summed E-state index contributed by atoms with van der Waals surface area (Å²) >= 11 is 0. The molecule has 1 aromatic carbocycles. The van der Waals surface area contributed by atoms with Crippen LogP contribution in [0.2, 0.25) is 0 Å². The van der Waals surface area contributed by atoms with Crippen molar-refractivity contribution in [2.75, 3.05) is 18.0 Å². The van der Waals surface area contributed by atoms with Gasteiger partial charge in [-0.25, -0.2) is 4.39 Å². The van der Waals surface area contributed by atoms with Crippen molar-refractivity contribution in [1.29, 1.82) is 0 Å². The Hall–Kier alpha value is -1.59. The normalized spacial score (nSPS) is 18.7. The lowest BCUT2D eigenvalue weighted by Crippen LogP contribution is -2.43. The molecule has 1 aromatic heterocycles. The second-order valence-corrected chi connectivity index (χ2v) is 5.00. The quantitative estimate of drug-likeness (QED) is 0.895. The zero-order valence-electron chi connectivity index (χ0n) is 11.1. The van der Waals surface area contributed by atoms with E-state index in [1.54, 1.807) is 12.1 Å².